The van der Waals surface area contributed by atoms with E-state index < -0.39 is 0 Å². The Morgan fingerprint density at radius 3 is 2.57 bits per heavy atom. The van der Waals surface area contributed by atoms with E-state index >= 15 is 0 Å². The summed E-state index contributed by atoms with van der Waals surface area (Å²) in [6, 6.07) is 7.61. The summed E-state index contributed by atoms with van der Waals surface area (Å²) in [5.41, 5.74) is 0.769. The van der Waals surface area contributed by atoms with Gasteiger partial charge in [-0.2, -0.15) is 0 Å². The van der Waals surface area contributed by atoms with Gasteiger partial charge in [0, 0.05) is 0 Å². The molecule has 0 aromatic heterocycles. The van der Waals surface area contributed by atoms with Crippen LogP contribution in [0.5, 0.6) is 5.75 Å². The van der Waals surface area contributed by atoms with Crippen molar-refractivity contribution < 1.29 is 14.4 Å². The van der Waals surface area contributed by atoms with Crippen molar-refractivity contribution in [3.8, 4) is 5.75 Å². The highest BCUT2D eigenvalue weighted by Gasteiger charge is 2.26. The second-order valence-corrected chi connectivity index (χ2v) is 5.71. The van der Waals surface area contributed by atoms with Gasteiger partial charge in [0.1, 0.15) is 5.75 Å². The molecule has 0 spiro atoms. The Morgan fingerprint density at radius 1 is 1.24 bits per heavy atom. The average Bonchev–Trinajstić information content (AvgIpc) is 2.78. The van der Waals surface area contributed by atoms with Gasteiger partial charge in [-0.05, 0) is 51.7 Å². The number of amides is 1. The number of rotatable bonds is 5. The molecule has 1 aliphatic rings. The third kappa shape index (κ3) is 4.46. The molecule has 0 aliphatic carbocycles. The van der Waals surface area contributed by atoms with E-state index in [1.807, 2.05) is 38.1 Å². The molecule has 1 saturated heterocycles. The highest BCUT2D eigenvalue weighted by atomic mass is 16.5. The summed E-state index contributed by atoms with van der Waals surface area (Å²) < 4.78 is 5.56. The molecular weight excluding hydrogens is 264 g/mol. The monoisotopic (exact) mass is 291 g/mol. The second-order valence-electron chi connectivity index (χ2n) is 5.71. The van der Waals surface area contributed by atoms with E-state index in [2.05, 4.69) is 5.32 Å². The minimum Gasteiger partial charge on any atom is -0.492 e. The molecule has 4 heteroatoms. The molecule has 0 radical (unpaired) electrons. The molecule has 1 heterocycles. The van der Waals surface area contributed by atoms with E-state index in [9.17, 15) is 4.79 Å². The zero-order valence-electron chi connectivity index (χ0n) is 13.2. The van der Waals surface area contributed by atoms with Gasteiger partial charge in [0.25, 0.3) is 5.91 Å². The average molecular weight is 291 g/mol. The topological polar surface area (TPSA) is 42.8 Å². The molecule has 2 rings (SSSR count). The van der Waals surface area contributed by atoms with Gasteiger partial charge in [0.05, 0.1) is 25.4 Å². The molecule has 1 fully saturated rings. The van der Waals surface area contributed by atoms with Gasteiger partial charge in [0.15, 0.2) is 6.04 Å². The Bertz CT molecular complexity index is 454. The van der Waals surface area contributed by atoms with Crippen LogP contribution in [0.2, 0.25) is 0 Å². The van der Waals surface area contributed by atoms with Crippen molar-refractivity contribution in [2.45, 2.75) is 45.6 Å². The van der Waals surface area contributed by atoms with Crippen LogP contribution in [0.3, 0.4) is 0 Å². The summed E-state index contributed by atoms with van der Waals surface area (Å²) in [6.45, 7) is 6.77. The first kappa shape index (κ1) is 15.8. The Balaban J connectivity index is 1.99. The lowest BCUT2D eigenvalue weighted by Crippen LogP contribution is -3.16. The van der Waals surface area contributed by atoms with Crippen molar-refractivity contribution in [3.05, 3.63) is 24.3 Å². The van der Waals surface area contributed by atoms with Gasteiger partial charge in [-0.3, -0.25) is 4.79 Å². The van der Waals surface area contributed by atoms with E-state index in [-0.39, 0.29) is 11.9 Å². The normalized spacial score (nSPS) is 17.8. The van der Waals surface area contributed by atoms with E-state index in [4.69, 9.17) is 4.74 Å². The number of para-hydroxylation sites is 2. The molecule has 0 bridgehead atoms. The SMILES string of the molecule is CCOc1ccccc1NC(=O)[C@@H](C)[NH+]1CCCCCC1. The van der Waals surface area contributed by atoms with Crippen LogP contribution >= 0.6 is 0 Å². The molecule has 4 nitrogen and oxygen atoms in total. The summed E-state index contributed by atoms with van der Waals surface area (Å²) in [7, 11) is 0. The second kappa shape index (κ2) is 8.03. The van der Waals surface area contributed by atoms with Crippen LogP contribution in [0, 0.1) is 0 Å². The van der Waals surface area contributed by atoms with Crippen molar-refractivity contribution in [3.63, 3.8) is 0 Å². The number of carbonyl (C=O) groups is 1. The Kier molecular flexibility index (Phi) is 6.05. The Labute approximate surface area is 127 Å². The number of quaternary nitrogens is 1. The fourth-order valence-corrected chi connectivity index (χ4v) is 2.89. The number of benzene rings is 1. The summed E-state index contributed by atoms with van der Waals surface area (Å²) in [5, 5.41) is 3.03. The highest BCUT2D eigenvalue weighted by molar-refractivity contribution is 5.94. The largest absolute Gasteiger partial charge is 0.492 e. The standard InChI is InChI=1S/C17H26N2O2/c1-3-21-16-11-7-6-10-15(16)18-17(20)14(2)19-12-8-4-5-9-13-19/h6-7,10-11,14H,3-5,8-9,12-13H2,1-2H3,(H,18,20)/p+1/t14-/m1/s1. The number of carbonyl (C=O) groups excluding carboxylic acids is 1. The lowest BCUT2D eigenvalue weighted by atomic mass is 10.2. The lowest BCUT2D eigenvalue weighted by molar-refractivity contribution is -0.913. The van der Waals surface area contributed by atoms with Crippen molar-refractivity contribution in [2.24, 2.45) is 0 Å². The highest BCUT2D eigenvalue weighted by Crippen LogP contribution is 2.23. The molecule has 1 amide bonds. The minimum atomic E-state index is -0.0159. The quantitative estimate of drug-likeness (QED) is 0.870. The number of anilines is 1. The van der Waals surface area contributed by atoms with E-state index in [0.29, 0.717) is 6.61 Å². The number of likely N-dealkylation sites (tertiary alicyclic amines) is 1. The predicted molar refractivity (Wildman–Crippen MR) is 84.9 cm³/mol. The van der Waals surface area contributed by atoms with Gasteiger partial charge in [-0.1, -0.05) is 12.1 Å². The first-order chi connectivity index (χ1) is 10.2. The zero-order chi connectivity index (χ0) is 15.1. The summed E-state index contributed by atoms with van der Waals surface area (Å²) in [4.78, 5) is 13.9. The molecule has 0 saturated carbocycles. The smallest absolute Gasteiger partial charge is 0.282 e. The fraction of sp³-hybridized carbons (Fsp3) is 0.588. The van der Waals surface area contributed by atoms with Crippen LogP contribution in [0.4, 0.5) is 5.69 Å². The molecule has 21 heavy (non-hydrogen) atoms. The van der Waals surface area contributed by atoms with Crippen LogP contribution in [0.15, 0.2) is 24.3 Å². The predicted octanol–water partition coefficient (Wildman–Crippen LogP) is 1.87. The van der Waals surface area contributed by atoms with E-state index in [0.717, 1.165) is 24.5 Å². The Morgan fingerprint density at radius 2 is 1.90 bits per heavy atom. The maximum absolute atomic E-state index is 12.5. The third-order valence-electron chi connectivity index (χ3n) is 4.20. The van der Waals surface area contributed by atoms with Crippen LogP contribution in [-0.2, 0) is 4.79 Å². The lowest BCUT2D eigenvalue weighted by Gasteiger charge is -2.24. The number of hydrogen-bond donors (Lipinski definition) is 2. The van der Waals surface area contributed by atoms with Gasteiger partial charge >= 0.3 is 0 Å². The van der Waals surface area contributed by atoms with Gasteiger partial charge in [0.2, 0.25) is 0 Å². The van der Waals surface area contributed by atoms with Gasteiger partial charge in [-0.15, -0.1) is 0 Å². The number of nitrogens with one attached hydrogen (secondary N) is 2. The number of hydrogen-bond acceptors (Lipinski definition) is 2. The van der Waals surface area contributed by atoms with Crippen molar-refractivity contribution in [2.75, 3.05) is 25.0 Å². The zero-order valence-corrected chi connectivity index (χ0v) is 13.2. The maximum Gasteiger partial charge on any atom is 0.282 e. The fourth-order valence-electron chi connectivity index (χ4n) is 2.89. The van der Waals surface area contributed by atoms with Crippen LogP contribution in [0.25, 0.3) is 0 Å². The van der Waals surface area contributed by atoms with Gasteiger partial charge in [-0.25, -0.2) is 0 Å². The van der Waals surface area contributed by atoms with E-state index in [1.54, 1.807) is 0 Å². The molecule has 1 atom stereocenters. The molecule has 1 aromatic rings. The molecule has 0 unspecified atom stereocenters. The first-order valence-corrected chi connectivity index (χ1v) is 8.09. The molecule has 116 valence electrons. The van der Waals surface area contributed by atoms with Crippen molar-refractivity contribution in [1.82, 2.24) is 0 Å². The summed E-state index contributed by atoms with van der Waals surface area (Å²) in [6.07, 6.45) is 5.04. The van der Waals surface area contributed by atoms with Crippen LogP contribution in [-0.4, -0.2) is 31.6 Å². The van der Waals surface area contributed by atoms with Crippen LogP contribution in [0.1, 0.15) is 39.5 Å². The van der Waals surface area contributed by atoms with Crippen LogP contribution < -0.4 is 15.0 Å². The minimum absolute atomic E-state index is 0.0159. The summed E-state index contributed by atoms with van der Waals surface area (Å²) in [5.74, 6) is 0.825. The molecule has 2 N–H and O–H groups in total. The van der Waals surface area contributed by atoms with Crippen molar-refractivity contribution >= 4 is 11.6 Å². The summed E-state index contributed by atoms with van der Waals surface area (Å²) >= 11 is 0. The number of ether oxygens (including phenoxy) is 1. The van der Waals surface area contributed by atoms with Gasteiger partial charge < -0.3 is 15.0 Å². The molecular formula is C17H27N2O2+. The van der Waals surface area contributed by atoms with Crippen molar-refractivity contribution in [1.29, 1.82) is 0 Å². The first-order valence-electron chi connectivity index (χ1n) is 8.09. The maximum atomic E-state index is 12.5. The molecule has 1 aromatic carbocycles. The van der Waals surface area contributed by atoms with E-state index in [1.165, 1.54) is 30.6 Å². The third-order valence-corrected chi connectivity index (χ3v) is 4.20. The Hall–Kier alpha value is -1.55. The molecule has 1 aliphatic heterocycles.